The molecule has 1 fully saturated rings. The molecule has 1 N–H and O–H groups in total. The maximum Gasteiger partial charge on any atom is 0.244 e. The summed E-state index contributed by atoms with van der Waals surface area (Å²) in [5.74, 6) is -0.0384. The number of hydrogen-bond donors (Lipinski definition) is 1. The Balaban J connectivity index is 2.22. The molecule has 1 saturated heterocycles. The lowest BCUT2D eigenvalue weighted by Gasteiger charge is -2.29. The van der Waals surface area contributed by atoms with E-state index >= 15 is 0 Å². The van der Waals surface area contributed by atoms with Crippen LogP contribution < -0.4 is 4.72 Å². The smallest absolute Gasteiger partial charge is 0.244 e. The second-order valence-corrected chi connectivity index (χ2v) is 6.90. The fourth-order valence-electron chi connectivity index (χ4n) is 2.46. The van der Waals surface area contributed by atoms with Crippen LogP contribution in [0.2, 0.25) is 0 Å². The fourth-order valence-corrected chi connectivity index (χ4v) is 4.17. The molecule has 1 aliphatic heterocycles. The molecule has 20 heavy (non-hydrogen) atoms. The van der Waals surface area contributed by atoms with Crippen molar-refractivity contribution in [2.45, 2.75) is 37.6 Å². The molecule has 1 aromatic heterocycles. The van der Waals surface area contributed by atoms with Crippen LogP contribution in [0, 0.1) is 13.8 Å². The third-order valence-electron chi connectivity index (χ3n) is 3.69. The first kappa shape index (κ1) is 15.0. The van der Waals surface area contributed by atoms with E-state index in [1.54, 1.807) is 37.5 Å². The molecule has 1 amide bonds. The molecule has 0 aliphatic carbocycles. The molecular weight excluding hydrogens is 280 g/mol. The van der Waals surface area contributed by atoms with Gasteiger partial charge in [-0.05, 0) is 20.3 Å². The zero-order valence-corrected chi connectivity index (χ0v) is 13.0. The largest absolute Gasteiger partial charge is 0.346 e. The van der Waals surface area contributed by atoms with Crippen LogP contribution in [0.15, 0.2) is 4.90 Å². The lowest BCUT2D eigenvalue weighted by atomic mass is 10.1. The third kappa shape index (κ3) is 2.71. The van der Waals surface area contributed by atoms with E-state index in [-0.39, 0.29) is 23.3 Å². The van der Waals surface area contributed by atoms with E-state index in [4.69, 9.17) is 0 Å². The Kier molecular flexibility index (Phi) is 3.88. The standard InChI is InChI=1S/C12H20N4O3S/c1-8-12(9(2)16(4)13-8)20(18,19)14-10-5-6-15(3)11(17)7-10/h10,14H,5-7H2,1-4H3. The van der Waals surface area contributed by atoms with E-state index in [9.17, 15) is 13.2 Å². The van der Waals surface area contributed by atoms with Crippen LogP contribution in [-0.4, -0.2) is 48.6 Å². The van der Waals surface area contributed by atoms with Crippen molar-refractivity contribution in [2.75, 3.05) is 13.6 Å². The van der Waals surface area contributed by atoms with Gasteiger partial charge in [0.15, 0.2) is 0 Å². The molecule has 0 bridgehead atoms. The number of aromatic nitrogens is 2. The zero-order valence-electron chi connectivity index (χ0n) is 12.2. The molecule has 2 rings (SSSR count). The summed E-state index contributed by atoms with van der Waals surface area (Å²) in [6.45, 7) is 3.95. The SMILES string of the molecule is Cc1nn(C)c(C)c1S(=O)(=O)NC1CCN(C)C(=O)C1. The summed E-state index contributed by atoms with van der Waals surface area (Å²) >= 11 is 0. The van der Waals surface area contributed by atoms with Crippen molar-refractivity contribution in [2.24, 2.45) is 7.05 Å². The van der Waals surface area contributed by atoms with Crippen molar-refractivity contribution in [3.63, 3.8) is 0 Å². The topological polar surface area (TPSA) is 84.3 Å². The Morgan fingerprint density at radius 3 is 2.45 bits per heavy atom. The minimum Gasteiger partial charge on any atom is -0.346 e. The van der Waals surface area contributed by atoms with E-state index in [1.165, 1.54) is 0 Å². The number of hydrogen-bond acceptors (Lipinski definition) is 4. The maximum atomic E-state index is 12.5. The molecule has 1 unspecified atom stereocenters. The van der Waals surface area contributed by atoms with Gasteiger partial charge >= 0.3 is 0 Å². The van der Waals surface area contributed by atoms with Crippen molar-refractivity contribution >= 4 is 15.9 Å². The summed E-state index contributed by atoms with van der Waals surface area (Å²) in [7, 11) is -0.212. The summed E-state index contributed by atoms with van der Waals surface area (Å²) in [5, 5.41) is 4.12. The van der Waals surface area contributed by atoms with E-state index in [0.717, 1.165) is 0 Å². The van der Waals surface area contributed by atoms with E-state index in [1.807, 2.05) is 0 Å². The first-order valence-corrected chi connectivity index (χ1v) is 7.97. The molecule has 2 heterocycles. The second kappa shape index (κ2) is 5.17. The number of aryl methyl sites for hydroxylation is 2. The average Bonchev–Trinajstić information content (AvgIpc) is 2.58. The van der Waals surface area contributed by atoms with Crippen LogP contribution in [0.1, 0.15) is 24.2 Å². The van der Waals surface area contributed by atoms with Gasteiger partial charge in [-0.15, -0.1) is 0 Å². The Hall–Kier alpha value is -1.41. The lowest BCUT2D eigenvalue weighted by Crippen LogP contribution is -2.46. The van der Waals surface area contributed by atoms with Crippen LogP contribution in [0.5, 0.6) is 0 Å². The van der Waals surface area contributed by atoms with E-state index < -0.39 is 10.0 Å². The number of sulfonamides is 1. The summed E-state index contributed by atoms with van der Waals surface area (Å²) < 4.78 is 29.1. The Labute approximate surface area is 119 Å². The summed E-state index contributed by atoms with van der Waals surface area (Å²) in [5.41, 5.74) is 1.06. The van der Waals surface area contributed by atoms with Crippen molar-refractivity contribution in [1.82, 2.24) is 19.4 Å². The highest BCUT2D eigenvalue weighted by atomic mass is 32.2. The Morgan fingerprint density at radius 2 is 1.95 bits per heavy atom. The van der Waals surface area contributed by atoms with Crippen molar-refractivity contribution in [3.8, 4) is 0 Å². The van der Waals surface area contributed by atoms with Gasteiger partial charge < -0.3 is 4.90 Å². The number of carbonyl (C=O) groups is 1. The minimum atomic E-state index is -3.65. The maximum absolute atomic E-state index is 12.5. The molecule has 0 saturated carbocycles. The predicted octanol–water partition coefficient (Wildman–Crippen LogP) is -0.0640. The number of carbonyl (C=O) groups excluding carboxylic acids is 1. The highest BCUT2D eigenvalue weighted by molar-refractivity contribution is 7.89. The van der Waals surface area contributed by atoms with E-state index in [2.05, 4.69) is 9.82 Å². The number of likely N-dealkylation sites (tertiary alicyclic amines) is 1. The van der Waals surface area contributed by atoms with Gasteiger partial charge in [0, 0.05) is 33.1 Å². The van der Waals surface area contributed by atoms with Crippen LogP contribution in [0.3, 0.4) is 0 Å². The van der Waals surface area contributed by atoms with Crippen molar-refractivity contribution in [3.05, 3.63) is 11.4 Å². The molecule has 7 nitrogen and oxygen atoms in total. The number of piperidine rings is 1. The first-order valence-electron chi connectivity index (χ1n) is 6.49. The molecule has 1 atom stereocenters. The van der Waals surface area contributed by atoms with Gasteiger partial charge in [-0.2, -0.15) is 5.10 Å². The number of amides is 1. The average molecular weight is 300 g/mol. The molecule has 0 radical (unpaired) electrons. The first-order chi connectivity index (χ1) is 9.22. The monoisotopic (exact) mass is 300 g/mol. The molecule has 1 aromatic rings. The molecular formula is C12H20N4O3S. The predicted molar refractivity (Wildman–Crippen MR) is 73.7 cm³/mol. The molecule has 1 aliphatic rings. The molecule has 0 spiro atoms. The molecule has 0 aromatic carbocycles. The minimum absolute atomic E-state index is 0.0384. The molecule has 8 heteroatoms. The Bertz CT molecular complexity index is 635. The van der Waals surface area contributed by atoms with Gasteiger partial charge in [0.05, 0.1) is 11.4 Å². The highest BCUT2D eigenvalue weighted by Gasteiger charge is 2.30. The van der Waals surface area contributed by atoms with Crippen LogP contribution in [0.25, 0.3) is 0 Å². The third-order valence-corrected chi connectivity index (χ3v) is 5.46. The van der Waals surface area contributed by atoms with Gasteiger partial charge in [-0.25, -0.2) is 13.1 Å². The highest BCUT2D eigenvalue weighted by Crippen LogP contribution is 2.20. The Morgan fingerprint density at radius 1 is 1.30 bits per heavy atom. The number of nitrogens with one attached hydrogen (secondary N) is 1. The summed E-state index contributed by atoms with van der Waals surface area (Å²) in [4.78, 5) is 13.5. The van der Waals surface area contributed by atoms with Gasteiger partial charge in [0.1, 0.15) is 4.90 Å². The lowest BCUT2D eigenvalue weighted by molar-refractivity contribution is -0.132. The van der Waals surface area contributed by atoms with Crippen molar-refractivity contribution < 1.29 is 13.2 Å². The number of rotatable bonds is 3. The van der Waals surface area contributed by atoms with Gasteiger partial charge in [0.2, 0.25) is 15.9 Å². The number of nitrogens with zero attached hydrogens (tertiary/aromatic N) is 3. The fraction of sp³-hybridized carbons (Fsp3) is 0.667. The second-order valence-electron chi connectivity index (χ2n) is 5.25. The van der Waals surface area contributed by atoms with Gasteiger partial charge in [-0.1, -0.05) is 0 Å². The van der Waals surface area contributed by atoms with Crippen LogP contribution in [-0.2, 0) is 21.9 Å². The molecule has 112 valence electrons. The van der Waals surface area contributed by atoms with Crippen molar-refractivity contribution in [1.29, 1.82) is 0 Å². The summed E-state index contributed by atoms with van der Waals surface area (Å²) in [6.07, 6.45) is 0.827. The van der Waals surface area contributed by atoms with E-state index in [0.29, 0.717) is 24.4 Å². The van der Waals surface area contributed by atoms with Gasteiger partial charge in [-0.3, -0.25) is 9.48 Å². The summed E-state index contributed by atoms with van der Waals surface area (Å²) in [6, 6.07) is -0.345. The normalized spacial score (nSPS) is 20.5. The quantitative estimate of drug-likeness (QED) is 0.847. The zero-order chi connectivity index (χ0) is 15.1. The van der Waals surface area contributed by atoms with Crippen LogP contribution >= 0.6 is 0 Å². The van der Waals surface area contributed by atoms with Gasteiger partial charge in [0.25, 0.3) is 0 Å². The van der Waals surface area contributed by atoms with Crippen LogP contribution in [0.4, 0.5) is 0 Å².